The summed E-state index contributed by atoms with van der Waals surface area (Å²) in [6.07, 6.45) is 1.29. The van der Waals surface area contributed by atoms with Gasteiger partial charge in [0.05, 0.1) is 5.39 Å². The number of benzene rings is 2. The van der Waals surface area contributed by atoms with Crippen LogP contribution in [0, 0.1) is 6.92 Å². The normalized spacial score (nSPS) is 11.0. The van der Waals surface area contributed by atoms with Crippen molar-refractivity contribution in [3.05, 3.63) is 69.3 Å². The second kappa shape index (κ2) is 10.3. The van der Waals surface area contributed by atoms with E-state index in [9.17, 15) is 9.59 Å². The number of aromatic amines is 1. The summed E-state index contributed by atoms with van der Waals surface area (Å²) in [4.78, 5) is 28.3. The van der Waals surface area contributed by atoms with Gasteiger partial charge in [-0.1, -0.05) is 47.1 Å². The molecule has 0 saturated carbocycles. The molecule has 0 fully saturated rings. The number of rotatable bonds is 9. The second-order valence-electron chi connectivity index (χ2n) is 7.55. The van der Waals surface area contributed by atoms with Gasteiger partial charge in [0.25, 0.3) is 5.56 Å². The first-order valence-electron chi connectivity index (χ1n) is 10.6. The van der Waals surface area contributed by atoms with Crippen LogP contribution in [0.3, 0.4) is 0 Å². The first-order valence-corrected chi connectivity index (χ1v) is 11.0. The number of carbonyl (C=O) groups excluding carboxylic acids is 1. The number of nitrogens with one attached hydrogen (secondary N) is 3. The van der Waals surface area contributed by atoms with E-state index in [1.165, 1.54) is 0 Å². The van der Waals surface area contributed by atoms with Gasteiger partial charge in [-0.15, -0.1) is 0 Å². The van der Waals surface area contributed by atoms with Gasteiger partial charge in [0.15, 0.2) is 5.82 Å². The van der Waals surface area contributed by atoms with E-state index in [-0.39, 0.29) is 17.9 Å². The summed E-state index contributed by atoms with van der Waals surface area (Å²) in [5.41, 5.74) is 1.51. The van der Waals surface area contributed by atoms with E-state index in [0.29, 0.717) is 53.9 Å². The van der Waals surface area contributed by atoms with Crippen molar-refractivity contribution in [3.63, 3.8) is 0 Å². The fourth-order valence-corrected chi connectivity index (χ4v) is 3.47. The first-order chi connectivity index (χ1) is 16.0. The zero-order valence-electron chi connectivity index (χ0n) is 18.0. The average molecular weight is 467 g/mol. The standard InChI is InChI=1S/C23H23ClN6O3/c1-14-7-8-15(13-18(14)24)21-27-20(33-30-21)10-9-19(31)25-11-4-12-26-22-16-5-2-3-6-17(16)23(32)29-28-22/h2-3,5-8,13H,4,9-12H2,1H3,(H,25,31)(H,26,28)(H,29,32). The number of aromatic nitrogens is 4. The minimum atomic E-state index is -0.223. The predicted octanol–water partition coefficient (Wildman–Crippen LogP) is 3.49. The molecule has 0 spiro atoms. The molecule has 33 heavy (non-hydrogen) atoms. The number of H-pyrrole nitrogens is 1. The van der Waals surface area contributed by atoms with Crippen LogP contribution in [0.15, 0.2) is 51.8 Å². The molecular weight excluding hydrogens is 444 g/mol. The summed E-state index contributed by atoms with van der Waals surface area (Å²) in [6, 6.07) is 12.8. The maximum atomic E-state index is 12.1. The maximum absolute atomic E-state index is 12.1. The molecule has 4 rings (SSSR count). The van der Waals surface area contributed by atoms with E-state index < -0.39 is 0 Å². The van der Waals surface area contributed by atoms with Gasteiger partial charge in [0, 0.05) is 41.9 Å². The van der Waals surface area contributed by atoms with Gasteiger partial charge in [-0.3, -0.25) is 9.59 Å². The number of hydrogen-bond donors (Lipinski definition) is 3. The topological polar surface area (TPSA) is 126 Å². The predicted molar refractivity (Wildman–Crippen MR) is 126 cm³/mol. The zero-order valence-corrected chi connectivity index (χ0v) is 18.8. The molecule has 0 atom stereocenters. The van der Waals surface area contributed by atoms with Crippen LogP contribution in [0.25, 0.3) is 22.2 Å². The van der Waals surface area contributed by atoms with E-state index in [1.807, 2.05) is 37.3 Å². The quantitative estimate of drug-likeness (QED) is 0.322. The third kappa shape index (κ3) is 5.56. The minimum absolute atomic E-state index is 0.0965. The Kier molecular flexibility index (Phi) is 6.99. The molecule has 9 nitrogen and oxygen atoms in total. The van der Waals surface area contributed by atoms with E-state index >= 15 is 0 Å². The van der Waals surface area contributed by atoms with Crippen LogP contribution < -0.4 is 16.2 Å². The highest BCUT2D eigenvalue weighted by Crippen LogP contribution is 2.23. The van der Waals surface area contributed by atoms with Crippen LogP contribution in [0.1, 0.15) is 24.3 Å². The van der Waals surface area contributed by atoms with E-state index in [0.717, 1.165) is 16.5 Å². The summed E-state index contributed by atoms with van der Waals surface area (Å²) in [6.45, 7) is 3.02. The highest BCUT2D eigenvalue weighted by molar-refractivity contribution is 6.31. The van der Waals surface area contributed by atoms with E-state index in [4.69, 9.17) is 16.1 Å². The molecule has 2 aromatic carbocycles. The van der Waals surface area contributed by atoms with Crippen molar-refractivity contribution in [2.24, 2.45) is 0 Å². The number of fused-ring (bicyclic) bond motifs is 1. The van der Waals surface area contributed by atoms with Crippen molar-refractivity contribution in [1.29, 1.82) is 0 Å². The largest absolute Gasteiger partial charge is 0.368 e. The SMILES string of the molecule is Cc1ccc(-c2noc(CCC(=O)NCCCNc3n[nH]c(=O)c4ccccc34)n2)cc1Cl. The van der Waals surface area contributed by atoms with E-state index in [2.05, 4.69) is 31.0 Å². The molecule has 170 valence electrons. The van der Waals surface area contributed by atoms with Crippen LogP contribution >= 0.6 is 11.6 Å². The molecule has 10 heteroatoms. The van der Waals surface area contributed by atoms with Crippen molar-refractivity contribution in [2.75, 3.05) is 18.4 Å². The number of aryl methyl sites for hydroxylation is 2. The molecule has 0 unspecified atom stereocenters. The highest BCUT2D eigenvalue weighted by atomic mass is 35.5. The van der Waals surface area contributed by atoms with Crippen LogP contribution in [0.5, 0.6) is 0 Å². The van der Waals surface area contributed by atoms with Gasteiger partial charge in [0.1, 0.15) is 0 Å². The Bertz CT molecular complexity index is 1330. The van der Waals surface area contributed by atoms with Crippen molar-refractivity contribution in [2.45, 2.75) is 26.2 Å². The number of hydrogen-bond acceptors (Lipinski definition) is 7. The van der Waals surface area contributed by atoms with E-state index in [1.54, 1.807) is 12.1 Å². The van der Waals surface area contributed by atoms with Crippen LogP contribution in [-0.4, -0.2) is 39.3 Å². The van der Waals surface area contributed by atoms with Gasteiger partial charge in [-0.25, -0.2) is 5.10 Å². The molecule has 0 saturated heterocycles. The van der Waals surface area contributed by atoms with Gasteiger partial charge in [-0.2, -0.15) is 10.1 Å². The molecule has 1 amide bonds. The van der Waals surface area contributed by atoms with Crippen molar-refractivity contribution in [3.8, 4) is 11.4 Å². The highest BCUT2D eigenvalue weighted by Gasteiger charge is 2.12. The third-order valence-electron chi connectivity index (χ3n) is 5.13. The summed E-state index contributed by atoms with van der Waals surface area (Å²) < 4.78 is 5.25. The first kappa shape index (κ1) is 22.5. The molecule has 2 aromatic heterocycles. The maximum Gasteiger partial charge on any atom is 0.272 e. The minimum Gasteiger partial charge on any atom is -0.368 e. The Balaban J connectivity index is 1.19. The van der Waals surface area contributed by atoms with Crippen LogP contribution in [0.4, 0.5) is 5.82 Å². The van der Waals surface area contributed by atoms with Crippen LogP contribution in [-0.2, 0) is 11.2 Å². The average Bonchev–Trinajstić information content (AvgIpc) is 3.30. The number of amides is 1. The second-order valence-corrected chi connectivity index (χ2v) is 7.96. The number of halogens is 1. The molecule has 0 aliphatic heterocycles. The fourth-order valence-electron chi connectivity index (χ4n) is 3.29. The van der Waals surface area contributed by atoms with Gasteiger partial charge in [0.2, 0.25) is 17.6 Å². The summed E-state index contributed by atoms with van der Waals surface area (Å²) in [7, 11) is 0. The molecule has 0 aliphatic rings. The number of nitrogens with zero attached hydrogens (tertiary/aromatic N) is 3. The van der Waals surface area contributed by atoms with Crippen molar-refractivity contribution >= 4 is 34.1 Å². The van der Waals surface area contributed by atoms with Crippen molar-refractivity contribution in [1.82, 2.24) is 25.7 Å². The van der Waals surface area contributed by atoms with Gasteiger partial charge >= 0.3 is 0 Å². The number of carbonyl (C=O) groups is 1. The molecule has 0 bridgehead atoms. The molecule has 0 radical (unpaired) electrons. The zero-order chi connectivity index (χ0) is 23.2. The molecule has 3 N–H and O–H groups in total. The Morgan fingerprint density at radius 3 is 2.79 bits per heavy atom. The van der Waals surface area contributed by atoms with Gasteiger partial charge < -0.3 is 15.2 Å². The smallest absolute Gasteiger partial charge is 0.272 e. The molecule has 4 aromatic rings. The summed E-state index contributed by atoms with van der Waals surface area (Å²) >= 11 is 6.15. The lowest BCUT2D eigenvalue weighted by Gasteiger charge is -2.08. The van der Waals surface area contributed by atoms with Gasteiger partial charge in [-0.05, 0) is 31.0 Å². The Labute approximate surface area is 194 Å². The fraction of sp³-hybridized carbons (Fsp3) is 0.261. The monoisotopic (exact) mass is 466 g/mol. The summed E-state index contributed by atoms with van der Waals surface area (Å²) in [5.74, 6) is 1.36. The van der Waals surface area contributed by atoms with Crippen LogP contribution in [0.2, 0.25) is 5.02 Å². The number of anilines is 1. The molecular formula is C23H23ClN6O3. The lowest BCUT2D eigenvalue weighted by atomic mass is 10.1. The Morgan fingerprint density at radius 1 is 1.15 bits per heavy atom. The third-order valence-corrected chi connectivity index (χ3v) is 5.54. The summed E-state index contributed by atoms with van der Waals surface area (Å²) in [5, 5.41) is 18.6. The Morgan fingerprint density at radius 2 is 1.97 bits per heavy atom. The molecule has 0 aliphatic carbocycles. The molecule has 2 heterocycles. The lowest BCUT2D eigenvalue weighted by molar-refractivity contribution is -0.121. The Hall–Kier alpha value is -3.72. The lowest BCUT2D eigenvalue weighted by Crippen LogP contribution is -2.26. The van der Waals surface area contributed by atoms with Crippen molar-refractivity contribution < 1.29 is 9.32 Å².